The van der Waals surface area contributed by atoms with Gasteiger partial charge in [0.05, 0.1) is 6.61 Å². The zero-order chi connectivity index (χ0) is 10.7. The fourth-order valence-corrected chi connectivity index (χ4v) is 1.80. The van der Waals surface area contributed by atoms with Gasteiger partial charge in [-0.2, -0.15) is 0 Å². The average molecular weight is 334 g/mol. The Morgan fingerprint density at radius 1 is 1.50 bits per heavy atom. The Balaban J connectivity index is 3.24. The lowest BCUT2D eigenvalue weighted by molar-refractivity contribution is 0.144. The second-order valence-corrected chi connectivity index (χ2v) is 3.86. The minimum atomic E-state index is -2.63. The molecule has 0 aliphatic carbocycles. The quantitative estimate of drug-likeness (QED) is 0.524. The summed E-state index contributed by atoms with van der Waals surface area (Å²) in [6, 6.07) is 1.46. The molecule has 1 aromatic heterocycles. The van der Waals surface area contributed by atoms with Crippen molar-refractivity contribution >= 4 is 34.2 Å². The zero-order valence-electron chi connectivity index (χ0n) is 6.98. The molecule has 0 aliphatic rings. The lowest BCUT2D eigenvalue weighted by atomic mass is 10.1. The number of halogens is 4. The van der Waals surface area contributed by atoms with Crippen LogP contribution in [0, 0.1) is 3.70 Å². The first kappa shape index (κ1) is 12.1. The summed E-state index contributed by atoms with van der Waals surface area (Å²) in [6.07, 6.45) is -2.63. The van der Waals surface area contributed by atoms with Crippen LogP contribution >= 0.6 is 34.2 Å². The monoisotopic (exact) mass is 333 g/mol. The first-order valence-electron chi connectivity index (χ1n) is 3.73. The molecule has 0 atom stereocenters. The van der Waals surface area contributed by atoms with Crippen molar-refractivity contribution in [2.45, 2.75) is 18.9 Å². The molecule has 0 spiro atoms. The van der Waals surface area contributed by atoms with Gasteiger partial charge in [-0.25, -0.2) is 13.8 Å². The molecule has 0 radical (unpaired) electrons. The fraction of sp³-hybridized carbons (Fsp3) is 0.375. The van der Waals surface area contributed by atoms with E-state index in [0.29, 0.717) is 9.26 Å². The molecule has 0 bridgehead atoms. The molecule has 1 N–H and O–H groups in total. The number of aliphatic hydroxyl groups is 1. The lowest BCUT2D eigenvalue weighted by Crippen LogP contribution is -2.03. The maximum Gasteiger partial charge on any atom is 0.280 e. The fourth-order valence-electron chi connectivity index (χ4n) is 1.00. The van der Waals surface area contributed by atoms with Crippen molar-refractivity contribution in [3.63, 3.8) is 0 Å². The van der Waals surface area contributed by atoms with Crippen molar-refractivity contribution in [2.24, 2.45) is 0 Å². The van der Waals surface area contributed by atoms with Crippen LogP contribution in [0.3, 0.4) is 0 Å². The third-order valence-corrected chi connectivity index (χ3v) is 2.90. The van der Waals surface area contributed by atoms with Crippen molar-refractivity contribution in [1.29, 1.82) is 0 Å². The van der Waals surface area contributed by atoms with Crippen LogP contribution in [-0.2, 0) is 12.5 Å². The molecule has 6 heteroatoms. The predicted molar refractivity (Wildman–Crippen MR) is 57.4 cm³/mol. The number of nitrogens with zero attached hydrogens (tertiary/aromatic N) is 1. The molecule has 0 saturated carbocycles. The highest BCUT2D eigenvalue weighted by atomic mass is 127. The van der Waals surface area contributed by atoms with Gasteiger partial charge in [0.15, 0.2) is 0 Å². The van der Waals surface area contributed by atoms with Gasteiger partial charge in [-0.15, -0.1) is 11.6 Å². The molecule has 78 valence electrons. The standard InChI is InChI=1S/C8H7ClF2INO/c9-2-4-1-5(3-14)8(12)13-6(4)7(10)11/h1,7,14H,2-3H2. The topological polar surface area (TPSA) is 33.1 Å². The van der Waals surface area contributed by atoms with E-state index in [4.69, 9.17) is 16.7 Å². The summed E-state index contributed by atoms with van der Waals surface area (Å²) < 4.78 is 25.3. The molecule has 0 unspecified atom stereocenters. The number of aliphatic hydroxyl groups excluding tert-OH is 1. The summed E-state index contributed by atoms with van der Waals surface area (Å²) in [4.78, 5) is 3.71. The first-order chi connectivity index (χ1) is 6.60. The Labute approximate surface area is 98.4 Å². The number of alkyl halides is 3. The largest absolute Gasteiger partial charge is 0.392 e. The predicted octanol–water partition coefficient (Wildman–Crippen LogP) is 2.85. The second kappa shape index (κ2) is 5.18. The van der Waals surface area contributed by atoms with Crippen molar-refractivity contribution in [2.75, 3.05) is 0 Å². The van der Waals surface area contributed by atoms with Crippen LogP contribution in [-0.4, -0.2) is 10.1 Å². The van der Waals surface area contributed by atoms with Crippen molar-refractivity contribution in [1.82, 2.24) is 4.98 Å². The van der Waals surface area contributed by atoms with E-state index in [9.17, 15) is 8.78 Å². The van der Waals surface area contributed by atoms with Crippen molar-refractivity contribution < 1.29 is 13.9 Å². The smallest absolute Gasteiger partial charge is 0.280 e. The molecule has 1 rings (SSSR count). The summed E-state index contributed by atoms with van der Waals surface area (Å²) in [5.74, 6) is -0.0312. The lowest BCUT2D eigenvalue weighted by Gasteiger charge is -2.08. The number of pyridine rings is 1. The second-order valence-electron chi connectivity index (χ2n) is 2.58. The van der Waals surface area contributed by atoms with Gasteiger partial charge in [0.2, 0.25) is 0 Å². The summed E-state index contributed by atoms with van der Waals surface area (Å²) in [7, 11) is 0. The molecule has 14 heavy (non-hydrogen) atoms. The van der Waals surface area contributed by atoms with Gasteiger partial charge in [-0.3, -0.25) is 0 Å². The summed E-state index contributed by atoms with van der Waals surface area (Å²) in [6.45, 7) is -0.224. The van der Waals surface area contributed by atoms with Crippen LogP contribution < -0.4 is 0 Å². The molecule has 0 amide bonds. The summed E-state index contributed by atoms with van der Waals surface area (Å²) in [5.41, 5.74) is 0.485. The number of hydrogen-bond acceptors (Lipinski definition) is 2. The third kappa shape index (κ3) is 2.52. The number of hydrogen-bond donors (Lipinski definition) is 1. The SMILES string of the molecule is OCc1cc(CCl)c(C(F)F)nc1I. The van der Waals surface area contributed by atoms with Gasteiger partial charge >= 0.3 is 0 Å². The Bertz CT molecular complexity index is 335. The van der Waals surface area contributed by atoms with Gasteiger partial charge < -0.3 is 5.11 Å². The minimum Gasteiger partial charge on any atom is -0.392 e. The van der Waals surface area contributed by atoms with Crippen LogP contribution in [0.4, 0.5) is 8.78 Å². The van der Waals surface area contributed by atoms with Gasteiger partial charge in [-0.1, -0.05) is 0 Å². The number of rotatable bonds is 3. The van der Waals surface area contributed by atoms with Gasteiger partial charge in [0.1, 0.15) is 9.39 Å². The Kier molecular flexibility index (Phi) is 4.46. The average Bonchev–Trinajstić information content (AvgIpc) is 2.17. The molecule has 0 aromatic carbocycles. The molecule has 0 aliphatic heterocycles. The Morgan fingerprint density at radius 3 is 2.57 bits per heavy atom. The molecule has 1 heterocycles. The molecule has 2 nitrogen and oxygen atoms in total. The van der Waals surface area contributed by atoms with E-state index >= 15 is 0 Å². The molecule has 0 saturated heterocycles. The highest BCUT2D eigenvalue weighted by molar-refractivity contribution is 14.1. The van der Waals surface area contributed by atoms with Crippen LogP contribution in [0.5, 0.6) is 0 Å². The highest BCUT2D eigenvalue weighted by Gasteiger charge is 2.16. The summed E-state index contributed by atoms with van der Waals surface area (Å²) >= 11 is 7.30. The van der Waals surface area contributed by atoms with Gasteiger partial charge in [0.25, 0.3) is 6.43 Å². The molecular formula is C8H7ClF2INO. The van der Waals surface area contributed by atoms with Crippen molar-refractivity contribution in [3.8, 4) is 0 Å². The molecule has 1 aromatic rings. The van der Waals surface area contributed by atoms with Gasteiger partial charge in [0, 0.05) is 11.4 Å². The van der Waals surface area contributed by atoms with E-state index in [1.165, 1.54) is 6.07 Å². The summed E-state index contributed by atoms with van der Waals surface area (Å²) in [5, 5.41) is 8.89. The number of aromatic nitrogens is 1. The third-order valence-electron chi connectivity index (χ3n) is 1.68. The minimum absolute atomic E-state index is 0.0312. The Hall–Kier alpha value is -0.0100. The zero-order valence-corrected chi connectivity index (χ0v) is 9.89. The first-order valence-corrected chi connectivity index (χ1v) is 5.34. The van der Waals surface area contributed by atoms with Crippen molar-refractivity contribution in [3.05, 3.63) is 26.6 Å². The van der Waals surface area contributed by atoms with E-state index < -0.39 is 6.43 Å². The van der Waals surface area contributed by atoms with E-state index in [0.717, 1.165) is 0 Å². The van der Waals surface area contributed by atoms with Crippen LogP contribution in [0.2, 0.25) is 0 Å². The van der Waals surface area contributed by atoms with E-state index in [1.807, 2.05) is 0 Å². The Morgan fingerprint density at radius 2 is 2.14 bits per heavy atom. The highest BCUT2D eigenvalue weighted by Crippen LogP contribution is 2.25. The van der Waals surface area contributed by atoms with Crippen LogP contribution in [0.15, 0.2) is 6.07 Å². The maximum absolute atomic E-state index is 12.4. The molecule has 0 fully saturated rings. The van der Waals surface area contributed by atoms with E-state index in [-0.39, 0.29) is 23.7 Å². The normalized spacial score (nSPS) is 11.0. The van der Waals surface area contributed by atoms with Crippen LogP contribution in [0.1, 0.15) is 23.2 Å². The molecular weight excluding hydrogens is 326 g/mol. The van der Waals surface area contributed by atoms with Crippen LogP contribution in [0.25, 0.3) is 0 Å². The van der Waals surface area contributed by atoms with E-state index in [1.54, 1.807) is 22.6 Å². The maximum atomic E-state index is 12.4. The van der Waals surface area contributed by atoms with Gasteiger partial charge in [-0.05, 0) is 34.2 Å². The van der Waals surface area contributed by atoms with E-state index in [2.05, 4.69) is 4.98 Å².